The monoisotopic (exact) mass is 267 g/mol. The van der Waals surface area contributed by atoms with E-state index in [1.54, 1.807) is 13.8 Å². The summed E-state index contributed by atoms with van der Waals surface area (Å²) in [4.78, 5) is 22.6. The molecule has 0 saturated carbocycles. The summed E-state index contributed by atoms with van der Waals surface area (Å²) in [5.41, 5.74) is 0.497. The fraction of sp³-hybridized carbons (Fsp3) is 0.385. The predicted molar refractivity (Wildman–Crippen MR) is 69.7 cm³/mol. The van der Waals surface area contributed by atoms with Crippen molar-refractivity contribution in [3.05, 3.63) is 23.8 Å². The standard InChI is InChI=1S/C13H17NO5/c1-4-19-8(2)12(15)14-9-5-6-10(13(16)17)11(7-9)18-3/h5-8H,4H2,1-3H3,(H,14,15)(H,16,17). The first-order valence-electron chi connectivity index (χ1n) is 5.83. The minimum atomic E-state index is -1.09. The summed E-state index contributed by atoms with van der Waals surface area (Å²) < 4.78 is 10.1. The molecule has 1 aromatic rings. The van der Waals surface area contributed by atoms with Gasteiger partial charge >= 0.3 is 5.97 Å². The molecule has 19 heavy (non-hydrogen) atoms. The highest BCUT2D eigenvalue weighted by atomic mass is 16.5. The Kier molecular flexibility index (Phi) is 5.32. The molecule has 0 aliphatic carbocycles. The Hall–Kier alpha value is -2.08. The van der Waals surface area contributed by atoms with Crippen LogP contribution in [0.2, 0.25) is 0 Å². The van der Waals surface area contributed by atoms with Crippen molar-refractivity contribution in [2.75, 3.05) is 19.0 Å². The van der Waals surface area contributed by atoms with Gasteiger partial charge in [0.1, 0.15) is 17.4 Å². The lowest BCUT2D eigenvalue weighted by Crippen LogP contribution is -2.27. The van der Waals surface area contributed by atoms with E-state index in [9.17, 15) is 9.59 Å². The van der Waals surface area contributed by atoms with E-state index < -0.39 is 12.1 Å². The summed E-state index contributed by atoms with van der Waals surface area (Å²) in [5.74, 6) is -1.20. The highest BCUT2D eigenvalue weighted by Gasteiger charge is 2.15. The molecule has 1 atom stereocenters. The third kappa shape index (κ3) is 3.96. The smallest absolute Gasteiger partial charge is 0.339 e. The molecular weight excluding hydrogens is 250 g/mol. The maximum Gasteiger partial charge on any atom is 0.339 e. The minimum absolute atomic E-state index is 0.0401. The van der Waals surface area contributed by atoms with Crippen molar-refractivity contribution in [1.29, 1.82) is 0 Å². The van der Waals surface area contributed by atoms with Gasteiger partial charge < -0.3 is 19.9 Å². The van der Waals surface area contributed by atoms with Crippen LogP contribution in [0.4, 0.5) is 5.69 Å². The molecule has 1 rings (SSSR count). The summed E-state index contributed by atoms with van der Waals surface area (Å²) in [6, 6.07) is 4.34. The summed E-state index contributed by atoms with van der Waals surface area (Å²) in [6.45, 7) is 3.88. The molecule has 0 saturated heterocycles. The lowest BCUT2D eigenvalue weighted by molar-refractivity contribution is -0.126. The number of ether oxygens (including phenoxy) is 2. The molecule has 0 fully saturated rings. The highest BCUT2D eigenvalue weighted by molar-refractivity contribution is 5.96. The highest BCUT2D eigenvalue weighted by Crippen LogP contribution is 2.23. The van der Waals surface area contributed by atoms with Crippen molar-refractivity contribution in [3.63, 3.8) is 0 Å². The Bertz CT molecular complexity index is 472. The topological polar surface area (TPSA) is 84.9 Å². The fourth-order valence-electron chi connectivity index (χ4n) is 1.52. The van der Waals surface area contributed by atoms with Gasteiger partial charge in [-0.05, 0) is 26.0 Å². The molecule has 0 spiro atoms. The SMILES string of the molecule is CCOC(C)C(=O)Nc1ccc(C(=O)O)c(OC)c1. The Morgan fingerprint density at radius 3 is 2.63 bits per heavy atom. The lowest BCUT2D eigenvalue weighted by Gasteiger charge is -2.13. The zero-order valence-corrected chi connectivity index (χ0v) is 11.1. The summed E-state index contributed by atoms with van der Waals surface area (Å²) in [6.07, 6.45) is -0.574. The Morgan fingerprint density at radius 1 is 1.42 bits per heavy atom. The van der Waals surface area contributed by atoms with E-state index in [-0.39, 0.29) is 17.2 Å². The first-order valence-corrected chi connectivity index (χ1v) is 5.83. The molecule has 6 heteroatoms. The molecule has 0 heterocycles. The third-order valence-corrected chi connectivity index (χ3v) is 2.49. The van der Waals surface area contributed by atoms with Crippen LogP contribution in [0.1, 0.15) is 24.2 Å². The number of hydrogen-bond donors (Lipinski definition) is 2. The molecule has 1 aromatic carbocycles. The number of carbonyl (C=O) groups is 2. The van der Waals surface area contributed by atoms with Crippen molar-refractivity contribution in [3.8, 4) is 5.75 Å². The van der Waals surface area contributed by atoms with Crippen molar-refractivity contribution >= 4 is 17.6 Å². The van der Waals surface area contributed by atoms with Crippen molar-refractivity contribution in [2.45, 2.75) is 20.0 Å². The number of carboxylic acid groups (broad SMARTS) is 1. The second-order valence-corrected chi connectivity index (χ2v) is 3.81. The number of hydrogen-bond acceptors (Lipinski definition) is 4. The third-order valence-electron chi connectivity index (χ3n) is 2.49. The van der Waals surface area contributed by atoms with Gasteiger partial charge in [0.25, 0.3) is 5.91 Å². The molecule has 1 amide bonds. The molecule has 0 aliphatic heterocycles. The predicted octanol–water partition coefficient (Wildman–Crippen LogP) is 1.76. The quantitative estimate of drug-likeness (QED) is 0.820. The second kappa shape index (κ2) is 6.75. The minimum Gasteiger partial charge on any atom is -0.496 e. The number of rotatable bonds is 6. The largest absolute Gasteiger partial charge is 0.496 e. The van der Waals surface area contributed by atoms with Crippen LogP contribution in [0.3, 0.4) is 0 Å². The van der Waals surface area contributed by atoms with Crippen molar-refractivity contribution < 1.29 is 24.2 Å². The number of carbonyl (C=O) groups excluding carboxylic acids is 1. The number of methoxy groups -OCH3 is 1. The van der Waals surface area contributed by atoms with Gasteiger partial charge in [-0.1, -0.05) is 0 Å². The molecule has 0 aliphatic rings. The number of carboxylic acids is 1. The average molecular weight is 267 g/mol. The normalized spacial score (nSPS) is 11.7. The summed E-state index contributed by atoms with van der Waals surface area (Å²) in [7, 11) is 1.37. The number of anilines is 1. The van der Waals surface area contributed by atoms with Crippen molar-refractivity contribution in [1.82, 2.24) is 0 Å². The van der Waals surface area contributed by atoms with Gasteiger partial charge in [-0.2, -0.15) is 0 Å². The van der Waals surface area contributed by atoms with Crippen LogP contribution >= 0.6 is 0 Å². The first kappa shape index (κ1) is 15.0. The van der Waals surface area contributed by atoms with Crippen LogP contribution in [-0.2, 0) is 9.53 Å². The van der Waals surface area contributed by atoms with Gasteiger partial charge in [-0.25, -0.2) is 4.79 Å². The Morgan fingerprint density at radius 2 is 2.11 bits per heavy atom. The van der Waals surface area contributed by atoms with E-state index in [1.807, 2.05) is 0 Å². The molecule has 2 N–H and O–H groups in total. The molecule has 1 unspecified atom stereocenters. The Labute approximate surface area is 111 Å². The van der Waals surface area contributed by atoms with E-state index in [4.69, 9.17) is 14.6 Å². The first-order chi connectivity index (χ1) is 8.99. The maximum atomic E-state index is 11.7. The van der Waals surface area contributed by atoms with Crippen LogP contribution in [0.25, 0.3) is 0 Å². The summed E-state index contributed by atoms with van der Waals surface area (Å²) >= 11 is 0. The number of aromatic carboxylic acids is 1. The average Bonchev–Trinajstić information content (AvgIpc) is 2.38. The van der Waals surface area contributed by atoms with Crippen LogP contribution in [0, 0.1) is 0 Å². The number of amides is 1. The molecule has 0 aromatic heterocycles. The van der Waals surface area contributed by atoms with Gasteiger partial charge in [0.15, 0.2) is 0 Å². The van der Waals surface area contributed by atoms with Crippen LogP contribution in [-0.4, -0.2) is 36.8 Å². The number of benzene rings is 1. The van der Waals surface area contributed by atoms with Gasteiger partial charge in [0.05, 0.1) is 7.11 Å². The van der Waals surface area contributed by atoms with Gasteiger partial charge in [-0.3, -0.25) is 4.79 Å². The number of nitrogens with one attached hydrogen (secondary N) is 1. The molecule has 0 radical (unpaired) electrons. The zero-order valence-electron chi connectivity index (χ0n) is 11.1. The molecule has 104 valence electrons. The zero-order chi connectivity index (χ0) is 14.4. The van der Waals surface area contributed by atoms with E-state index in [0.717, 1.165) is 0 Å². The second-order valence-electron chi connectivity index (χ2n) is 3.81. The van der Waals surface area contributed by atoms with E-state index in [1.165, 1.54) is 25.3 Å². The van der Waals surface area contributed by atoms with Crippen LogP contribution in [0.5, 0.6) is 5.75 Å². The van der Waals surface area contributed by atoms with E-state index >= 15 is 0 Å². The van der Waals surface area contributed by atoms with Gasteiger partial charge in [-0.15, -0.1) is 0 Å². The van der Waals surface area contributed by atoms with Crippen LogP contribution < -0.4 is 10.1 Å². The molecular formula is C13H17NO5. The lowest BCUT2D eigenvalue weighted by atomic mass is 10.1. The summed E-state index contributed by atoms with van der Waals surface area (Å²) in [5, 5.41) is 11.6. The maximum absolute atomic E-state index is 11.7. The Balaban J connectivity index is 2.86. The fourth-order valence-corrected chi connectivity index (χ4v) is 1.52. The molecule has 6 nitrogen and oxygen atoms in total. The van der Waals surface area contributed by atoms with E-state index in [0.29, 0.717) is 12.3 Å². The van der Waals surface area contributed by atoms with Gasteiger partial charge in [0, 0.05) is 18.4 Å². The molecule has 0 bridgehead atoms. The van der Waals surface area contributed by atoms with E-state index in [2.05, 4.69) is 5.32 Å². The van der Waals surface area contributed by atoms with Crippen LogP contribution in [0.15, 0.2) is 18.2 Å². The van der Waals surface area contributed by atoms with Crippen molar-refractivity contribution in [2.24, 2.45) is 0 Å². The van der Waals surface area contributed by atoms with Gasteiger partial charge in [0.2, 0.25) is 0 Å².